The Morgan fingerprint density at radius 2 is 1.87 bits per heavy atom. The minimum absolute atomic E-state index is 0.0308. The van der Waals surface area contributed by atoms with Crippen molar-refractivity contribution in [3.63, 3.8) is 0 Å². The summed E-state index contributed by atoms with van der Waals surface area (Å²) in [5.74, 6) is 0.738. The van der Waals surface area contributed by atoms with Crippen LogP contribution in [0.5, 0.6) is 0 Å². The molecule has 0 N–H and O–H groups in total. The summed E-state index contributed by atoms with van der Waals surface area (Å²) in [7, 11) is 4.14. The molecule has 2 aliphatic rings. The molecule has 3 unspecified atom stereocenters. The van der Waals surface area contributed by atoms with Crippen LogP contribution in [0.15, 0.2) is 0 Å². The number of rotatable bonds is 7. The van der Waals surface area contributed by atoms with Gasteiger partial charge in [0.05, 0.1) is 33.4 Å². The van der Waals surface area contributed by atoms with Crippen LogP contribution in [0, 0.1) is 17.3 Å². The van der Waals surface area contributed by atoms with Gasteiger partial charge in [0, 0.05) is 13.0 Å². The smallest absolute Gasteiger partial charge is 0.315 e. The second kappa shape index (κ2) is 7.52. The van der Waals surface area contributed by atoms with Gasteiger partial charge in [0.1, 0.15) is 12.0 Å². The summed E-state index contributed by atoms with van der Waals surface area (Å²) in [5, 5.41) is 0. The highest BCUT2D eigenvalue weighted by atomic mass is 16.5. The van der Waals surface area contributed by atoms with Gasteiger partial charge >= 0.3 is 5.97 Å². The number of hydrogen-bond donors (Lipinski definition) is 0. The van der Waals surface area contributed by atoms with Crippen molar-refractivity contribution in [2.75, 3.05) is 40.5 Å². The lowest BCUT2D eigenvalue weighted by molar-refractivity contribution is -0.950. The number of likely N-dealkylation sites (tertiary alicyclic amines) is 1. The Bertz CT molecular complexity index is 401. The lowest BCUT2D eigenvalue weighted by Crippen LogP contribution is -2.67. The lowest BCUT2D eigenvalue weighted by Gasteiger charge is -2.56. The van der Waals surface area contributed by atoms with Crippen LogP contribution in [0.2, 0.25) is 0 Å². The van der Waals surface area contributed by atoms with Crippen molar-refractivity contribution in [2.24, 2.45) is 17.3 Å². The quantitative estimate of drug-likeness (QED) is 0.532. The summed E-state index contributed by atoms with van der Waals surface area (Å²) in [6.07, 6.45) is 6.04. The molecule has 1 heterocycles. The molecule has 1 aliphatic heterocycles. The average molecular weight is 327 g/mol. The summed E-state index contributed by atoms with van der Waals surface area (Å²) < 4.78 is 11.8. The van der Waals surface area contributed by atoms with Gasteiger partial charge in [-0.1, -0.05) is 13.8 Å². The minimum Gasteiger partial charge on any atom is -0.466 e. The predicted molar refractivity (Wildman–Crippen MR) is 92.1 cm³/mol. The van der Waals surface area contributed by atoms with Crippen LogP contribution in [-0.4, -0.2) is 57.0 Å². The molecule has 0 aromatic rings. The Kier molecular flexibility index (Phi) is 6.12. The highest BCUT2D eigenvalue weighted by Gasteiger charge is 2.56. The first-order chi connectivity index (χ1) is 10.8. The molecule has 0 spiro atoms. The minimum atomic E-state index is 0.0308. The molecule has 0 bridgehead atoms. The van der Waals surface area contributed by atoms with Crippen LogP contribution in [0.25, 0.3) is 0 Å². The van der Waals surface area contributed by atoms with Crippen molar-refractivity contribution in [1.82, 2.24) is 0 Å². The van der Waals surface area contributed by atoms with E-state index in [9.17, 15) is 4.79 Å². The molecule has 0 amide bonds. The van der Waals surface area contributed by atoms with Crippen LogP contribution >= 0.6 is 0 Å². The van der Waals surface area contributed by atoms with Gasteiger partial charge in [0.25, 0.3) is 0 Å². The summed E-state index contributed by atoms with van der Waals surface area (Å²) in [5.41, 5.74) is 0.173. The number of carbonyl (C=O) groups excluding carboxylic acids is 1. The van der Waals surface area contributed by atoms with E-state index in [0.717, 1.165) is 23.9 Å². The fraction of sp³-hybridized carbons (Fsp3) is 0.947. The first kappa shape index (κ1) is 18.7. The van der Waals surface area contributed by atoms with E-state index in [0.29, 0.717) is 18.6 Å². The van der Waals surface area contributed by atoms with Crippen LogP contribution in [0.1, 0.15) is 52.9 Å². The Hall–Kier alpha value is -0.610. The standard InChI is InChI=1S/C19H36NO3/c1-6-23-18(21)16-12-15(13-19(2,3)14-22-5)17(16)20(4)10-8-7-9-11-20/h15-17H,6-14H2,1-5H3/q+1. The van der Waals surface area contributed by atoms with E-state index in [4.69, 9.17) is 9.47 Å². The van der Waals surface area contributed by atoms with Gasteiger partial charge < -0.3 is 14.0 Å². The van der Waals surface area contributed by atoms with Gasteiger partial charge in [-0.25, -0.2) is 0 Å². The van der Waals surface area contributed by atoms with E-state index in [1.165, 1.54) is 32.4 Å². The molecular formula is C19H36NO3+. The molecule has 4 heteroatoms. The second-order valence-corrected chi connectivity index (χ2v) is 8.63. The number of piperidine rings is 1. The molecule has 1 saturated carbocycles. The number of esters is 1. The zero-order valence-corrected chi connectivity index (χ0v) is 15.8. The molecule has 2 fully saturated rings. The number of hydrogen-bond acceptors (Lipinski definition) is 3. The molecule has 1 saturated heterocycles. The predicted octanol–water partition coefficient (Wildman–Crippen LogP) is 3.25. The number of nitrogens with zero attached hydrogens (tertiary/aromatic N) is 1. The molecule has 0 aromatic heterocycles. The van der Waals surface area contributed by atoms with Crippen molar-refractivity contribution in [2.45, 2.75) is 58.9 Å². The van der Waals surface area contributed by atoms with Crippen LogP contribution in [-0.2, 0) is 14.3 Å². The van der Waals surface area contributed by atoms with E-state index in [1.54, 1.807) is 7.11 Å². The molecule has 4 nitrogen and oxygen atoms in total. The zero-order valence-electron chi connectivity index (χ0n) is 15.8. The first-order valence-electron chi connectivity index (χ1n) is 9.33. The maximum absolute atomic E-state index is 12.4. The average Bonchev–Trinajstić information content (AvgIpc) is 2.43. The van der Waals surface area contributed by atoms with Crippen LogP contribution in [0.3, 0.4) is 0 Å². The van der Waals surface area contributed by atoms with Crippen molar-refractivity contribution >= 4 is 5.97 Å². The van der Waals surface area contributed by atoms with E-state index < -0.39 is 0 Å². The Morgan fingerprint density at radius 3 is 2.43 bits per heavy atom. The number of carbonyl (C=O) groups is 1. The second-order valence-electron chi connectivity index (χ2n) is 8.63. The van der Waals surface area contributed by atoms with E-state index in [2.05, 4.69) is 20.9 Å². The van der Waals surface area contributed by atoms with Gasteiger partial charge in [0.15, 0.2) is 0 Å². The number of quaternary nitrogens is 1. The third-order valence-corrected chi connectivity index (χ3v) is 5.95. The summed E-state index contributed by atoms with van der Waals surface area (Å²) in [6.45, 7) is 10.2. The largest absolute Gasteiger partial charge is 0.466 e. The van der Waals surface area contributed by atoms with Crippen molar-refractivity contribution in [3.8, 4) is 0 Å². The Labute approximate surface area is 142 Å². The summed E-state index contributed by atoms with van der Waals surface area (Å²) >= 11 is 0. The fourth-order valence-electron chi connectivity index (χ4n) is 5.06. The number of ether oxygens (including phenoxy) is 2. The van der Waals surface area contributed by atoms with Crippen molar-refractivity contribution in [3.05, 3.63) is 0 Å². The lowest BCUT2D eigenvalue weighted by atomic mass is 9.62. The number of methoxy groups -OCH3 is 1. The molecule has 0 aromatic carbocycles. The third-order valence-electron chi connectivity index (χ3n) is 5.95. The Balaban J connectivity index is 2.11. The van der Waals surface area contributed by atoms with Gasteiger partial charge in [-0.3, -0.25) is 4.79 Å². The van der Waals surface area contributed by atoms with Crippen LogP contribution in [0.4, 0.5) is 0 Å². The normalized spacial score (nSPS) is 30.6. The molecule has 2 rings (SSSR count). The fourth-order valence-corrected chi connectivity index (χ4v) is 5.06. The molecule has 134 valence electrons. The Morgan fingerprint density at radius 1 is 1.22 bits per heavy atom. The van der Waals surface area contributed by atoms with Crippen LogP contribution < -0.4 is 0 Å². The maximum Gasteiger partial charge on any atom is 0.315 e. The maximum atomic E-state index is 12.4. The molecule has 3 atom stereocenters. The van der Waals surface area contributed by atoms with Gasteiger partial charge in [-0.15, -0.1) is 0 Å². The topological polar surface area (TPSA) is 35.5 Å². The first-order valence-corrected chi connectivity index (χ1v) is 9.33. The van der Waals surface area contributed by atoms with Gasteiger partial charge in [-0.05, 0) is 44.4 Å². The molecule has 23 heavy (non-hydrogen) atoms. The summed E-state index contributed by atoms with van der Waals surface area (Å²) in [4.78, 5) is 12.4. The van der Waals surface area contributed by atoms with Crippen molar-refractivity contribution in [1.29, 1.82) is 0 Å². The molecular weight excluding hydrogens is 290 g/mol. The van der Waals surface area contributed by atoms with E-state index >= 15 is 0 Å². The highest BCUT2D eigenvalue weighted by Crippen LogP contribution is 2.48. The van der Waals surface area contributed by atoms with Gasteiger partial charge in [0.2, 0.25) is 0 Å². The SMILES string of the molecule is CCOC(=O)C1CC(CC(C)(C)COC)C1[N+]1(C)CCCCC1. The summed E-state index contributed by atoms with van der Waals surface area (Å²) in [6, 6.07) is 0.436. The highest BCUT2D eigenvalue weighted by molar-refractivity contribution is 5.74. The molecule has 0 radical (unpaired) electrons. The van der Waals surface area contributed by atoms with E-state index in [1.807, 2.05) is 6.92 Å². The van der Waals surface area contributed by atoms with Crippen molar-refractivity contribution < 1.29 is 18.8 Å². The monoisotopic (exact) mass is 326 g/mol. The zero-order chi connectivity index (χ0) is 17.1. The van der Waals surface area contributed by atoms with E-state index in [-0.39, 0.29) is 17.3 Å². The molecule has 1 aliphatic carbocycles. The third kappa shape index (κ3) is 4.27. The van der Waals surface area contributed by atoms with Gasteiger partial charge in [-0.2, -0.15) is 0 Å².